The number of nitrogens with one attached hydrogen (secondary N) is 1. The highest BCUT2D eigenvalue weighted by atomic mass is 32.2. The van der Waals surface area contributed by atoms with E-state index < -0.39 is 10.0 Å². The van der Waals surface area contributed by atoms with Crippen LogP contribution in [0.25, 0.3) is 0 Å². The minimum atomic E-state index is -3.83. The number of nitrogens with zero attached hydrogens (tertiary/aromatic N) is 1. The molecule has 0 atom stereocenters. The molecule has 2 aliphatic rings. The molecule has 1 fully saturated rings. The van der Waals surface area contributed by atoms with Gasteiger partial charge < -0.3 is 9.64 Å². The van der Waals surface area contributed by atoms with Crippen LogP contribution in [0.5, 0.6) is 5.75 Å². The van der Waals surface area contributed by atoms with Crippen LogP contribution in [0.3, 0.4) is 0 Å². The highest BCUT2D eigenvalue weighted by Gasteiger charge is 2.36. The number of carbonyl (C=O) groups excluding carboxylic acids is 1. The molecule has 1 aliphatic heterocycles. The maximum absolute atomic E-state index is 13.0. The largest absolute Gasteiger partial charge is 0.495 e. The highest BCUT2D eigenvalue weighted by molar-refractivity contribution is 7.92. The van der Waals surface area contributed by atoms with Gasteiger partial charge in [0.25, 0.3) is 10.0 Å². The minimum Gasteiger partial charge on any atom is -0.495 e. The van der Waals surface area contributed by atoms with Gasteiger partial charge in [-0.2, -0.15) is 0 Å². The lowest BCUT2D eigenvalue weighted by atomic mass is 10.1. The number of hydrogen-bond donors (Lipinski definition) is 1. The van der Waals surface area contributed by atoms with Crippen molar-refractivity contribution in [2.45, 2.75) is 37.5 Å². The van der Waals surface area contributed by atoms with E-state index in [0.717, 1.165) is 42.5 Å². The molecule has 6 nitrogen and oxygen atoms in total. The number of ether oxygens (including phenoxy) is 1. The first-order chi connectivity index (χ1) is 13.4. The summed E-state index contributed by atoms with van der Waals surface area (Å²) in [4.78, 5) is 14.4. The van der Waals surface area contributed by atoms with Gasteiger partial charge in [-0.3, -0.25) is 9.52 Å². The molecule has 2 aromatic carbocycles. The fourth-order valence-electron chi connectivity index (χ4n) is 3.58. The molecule has 2 aromatic rings. The normalized spacial score (nSPS) is 16.0. The molecule has 0 saturated heterocycles. The summed E-state index contributed by atoms with van der Waals surface area (Å²) in [6.07, 6.45) is 3.42. The minimum absolute atomic E-state index is 0.112. The van der Waals surface area contributed by atoms with E-state index in [-0.39, 0.29) is 16.7 Å². The lowest BCUT2D eigenvalue weighted by Crippen LogP contribution is -2.30. The zero-order valence-corrected chi connectivity index (χ0v) is 16.9. The van der Waals surface area contributed by atoms with Crippen molar-refractivity contribution >= 4 is 27.3 Å². The summed E-state index contributed by atoms with van der Waals surface area (Å²) in [6.45, 7) is 2.63. The molecule has 1 amide bonds. The van der Waals surface area contributed by atoms with Crippen molar-refractivity contribution in [1.82, 2.24) is 0 Å². The maximum Gasteiger partial charge on any atom is 0.265 e. The van der Waals surface area contributed by atoms with Gasteiger partial charge in [0.05, 0.1) is 12.8 Å². The number of carbonyl (C=O) groups is 1. The van der Waals surface area contributed by atoms with Crippen molar-refractivity contribution in [2.24, 2.45) is 5.92 Å². The van der Waals surface area contributed by atoms with Crippen LogP contribution in [0.2, 0.25) is 0 Å². The van der Waals surface area contributed by atoms with Crippen LogP contribution in [-0.4, -0.2) is 28.0 Å². The fraction of sp³-hybridized carbons (Fsp3) is 0.381. The Balaban J connectivity index is 1.64. The first-order valence-electron chi connectivity index (χ1n) is 9.57. The number of sulfonamides is 1. The van der Waals surface area contributed by atoms with Crippen LogP contribution in [0.15, 0.2) is 41.3 Å². The van der Waals surface area contributed by atoms with Crippen LogP contribution in [0.1, 0.15) is 30.9 Å². The van der Waals surface area contributed by atoms with Gasteiger partial charge in [0.1, 0.15) is 10.6 Å². The number of benzene rings is 2. The molecule has 1 saturated carbocycles. The van der Waals surface area contributed by atoms with E-state index in [4.69, 9.17) is 4.74 Å². The van der Waals surface area contributed by atoms with Crippen molar-refractivity contribution in [3.8, 4) is 5.75 Å². The molecular weight excluding hydrogens is 376 g/mol. The topological polar surface area (TPSA) is 75.7 Å². The Labute approximate surface area is 165 Å². The summed E-state index contributed by atoms with van der Waals surface area (Å²) in [5.41, 5.74) is 3.24. The SMILES string of the molecule is CCc1ccc(OC)c(S(=O)(=O)Nc2ccc3c(c2)N(C(=O)C2CC2)CC3)c1. The second-order valence-corrected chi connectivity index (χ2v) is 8.95. The number of amides is 1. The summed E-state index contributed by atoms with van der Waals surface area (Å²) < 4.78 is 33.9. The molecule has 0 spiro atoms. The molecule has 0 radical (unpaired) electrons. The van der Waals surface area contributed by atoms with E-state index in [9.17, 15) is 13.2 Å². The first-order valence-corrected chi connectivity index (χ1v) is 11.1. The molecule has 0 aromatic heterocycles. The molecule has 148 valence electrons. The highest BCUT2D eigenvalue weighted by Crippen LogP contribution is 2.38. The van der Waals surface area contributed by atoms with E-state index in [1.165, 1.54) is 7.11 Å². The van der Waals surface area contributed by atoms with Crippen molar-refractivity contribution in [2.75, 3.05) is 23.3 Å². The van der Waals surface area contributed by atoms with E-state index in [0.29, 0.717) is 18.0 Å². The first kappa shape index (κ1) is 18.8. The van der Waals surface area contributed by atoms with E-state index in [2.05, 4.69) is 4.72 Å². The van der Waals surface area contributed by atoms with Crippen molar-refractivity contribution in [3.05, 3.63) is 47.5 Å². The molecule has 0 unspecified atom stereocenters. The quantitative estimate of drug-likeness (QED) is 0.807. The number of rotatable bonds is 6. The molecule has 7 heteroatoms. The standard InChI is InChI=1S/C21H24N2O4S/c1-3-14-4-9-19(27-2)20(12-14)28(25,26)22-17-8-7-15-10-11-23(18(15)13-17)21(24)16-5-6-16/h4,7-9,12-13,16,22H,3,5-6,10-11H2,1-2H3. The van der Waals surface area contributed by atoms with Gasteiger partial charge >= 0.3 is 0 Å². The average Bonchev–Trinajstić information content (AvgIpc) is 3.46. The molecule has 28 heavy (non-hydrogen) atoms. The number of anilines is 2. The number of fused-ring (bicyclic) bond motifs is 1. The van der Waals surface area contributed by atoms with Gasteiger partial charge in [-0.1, -0.05) is 19.1 Å². The van der Waals surface area contributed by atoms with Crippen LogP contribution >= 0.6 is 0 Å². The molecule has 0 bridgehead atoms. The monoisotopic (exact) mass is 400 g/mol. The Hall–Kier alpha value is -2.54. The smallest absolute Gasteiger partial charge is 0.265 e. The number of aryl methyl sites for hydroxylation is 1. The Kier molecular flexibility index (Phi) is 4.79. The summed E-state index contributed by atoms with van der Waals surface area (Å²) >= 11 is 0. The van der Waals surface area contributed by atoms with Crippen molar-refractivity contribution in [1.29, 1.82) is 0 Å². The average molecular weight is 401 g/mol. The molecule has 1 aliphatic carbocycles. The lowest BCUT2D eigenvalue weighted by Gasteiger charge is -2.18. The second kappa shape index (κ2) is 7.13. The van der Waals surface area contributed by atoms with Crippen LogP contribution in [0, 0.1) is 5.92 Å². The van der Waals surface area contributed by atoms with Crippen LogP contribution in [-0.2, 0) is 27.7 Å². The maximum atomic E-state index is 13.0. The summed E-state index contributed by atoms with van der Waals surface area (Å²) in [5, 5.41) is 0. The Morgan fingerprint density at radius 3 is 2.68 bits per heavy atom. The summed E-state index contributed by atoms with van der Waals surface area (Å²) in [6, 6.07) is 10.6. The Morgan fingerprint density at radius 1 is 1.21 bits per heavy atom. The predicted octanol–water partition coefficient (Wildman–Crippen LogP) is 3.36. The third kappa shape index (κ3) is 3.46. The van der Waals surface area contributed by atoms with E-state index in [1.54, 1.807) is 29.2 Å². The van der Waals surface area contributed by atoms with Crippen molar-refractivity contribution < 1.29 is 17.9 Å². The van der Waals surface area contributed by atoms with Gasteiger partial charge in [-0.15, -0.1) is 0 Å². The molecule has 1 N–H and O–H groups in total. The van der Waals surface area contributed by atoms with Crippen LogP contribution in [0.4, 0.5) is 11.4 Å². The zero-order chi connectivity index (χ0) is 19.9. The number of methoxy groups -OCH3 is 1. The second-order valence-electron chi connectivity index (χ2n) is 7.30. The lowest BCUT2D eigenvalue weighted by molar-refractivity contribution is -0.119. The van der Waals surface area contributed by atoms with Gasteiger partial charge in [0, 0.05) is 18.2 Å². The fourth-order valence-corrected chi connectivity index (χ4v) is 4.85. The van der Waals surface area contributed by atoms with E-state index in [1.807, 2.05) is 19.1 Å². The van der Waals surface area contributed by atoms with Gasteiger partial charge in [0.2, 0.25) is 5.91 Å². The summed E-state index contributed by atoms with van der Waals surface area (Å²) in [5.74, 6) is 0.583. The Bertz CT molecular complexity index is 1030. The predicted molar refractivity (Wildman–Crippen MR) is 108 cm³/mol. The third-order valence-corrected chi connectivity index (χ3v) is 6.75. The number of hydrogen-bond acceptors (Lipinski definition) is 4. The summed E-state index contributed by atoms with van der Waals surface area (Å²) in [7, 11) is -2.37. The van der Waals surface area contributed by atoms with E-state index >= 15 is 0 Å². The van der Waals surface area contributed by atoms with Gasteiger partial charge in [-0.05, 0) is 61.1 Å². The van der Waals surface area contributed by atoms with Gasteiger partial charge in [-0.25, -0.2) is 8.42 Å². The molecule has 1 heterocycles. The van der Waals surface area contributed by atoms with Gasteiger partial charge in [0.15, 0.2) is 0 Å². The molecule has 4 rings (SSSR count). The Morgan fingerprint density at radius 2 is 2.00 bits per heavy atom. The van der Waals surface area contributed by atoms with Crippen molar-refractivity contribution in [3.63, 3.8) is 0 Å². The third-order valence-electron chi connectivity index (χ3n) is 5.35. The zero-order valence-electron chi connectivity index (χ0n) is 16.1. The molecular formula is C21H24N2O4S. The van der Waals surface area contributed by atoms with Crippen LogP contribution < -0.4 is 14.4 Å².